The molecule has 0 amide bonds. The van der Waals surface area contributed by atoms with Crippen molar-refractivity contribution in [2.75, 3.05) is 13.7 Å². The van der Waals surface area contributed by atoms with Crippen LogP contribution in [0.25, 0.3) is 0 Å². The Morgan fingerprint density at radius 1 is 1.33 bits per heavy atom. The Balaban J connectivity index is 2.46. The maximum Gasteiger partial charge on any atom is 0.170 e. The van der Waals surface area contributed by atoms with Crippen molar-refractivity contribution in [3.05, 3.63) is 30.1 Å². The van der Waals surface area contributed by atoms with Crippen molar-refractivity contribution in [1.82, 2.24) is 4.98 Å². The molecule has 1 aromatic heterocycles. The summed E-state index contributed by atoms with van der Waals surface area (Å²) in [5, 5.41) is 0. The van der Waals surface area contributed by atoms with Gasteiger partial charge in [-0.05, 0) is 12.1 Å². The fourth-order valence-electron chi connectivity index (χ4n) is 1.12. The fraction of sp³-hybridized carbons (Fsp3) is 0.364. The highest BCUT2D eigenvalue weighted by Crippen LogP contribution is 2.03. The minimum atomic E-state index is -0.168. The molecule has 0 aromatic carbocycles. The minimum Gasteiger partial charge on any atom is -0.384 e. The molecule has 1 heterocycles. The number of hydrogen-bond acceptors (Lipinski definition) is 4. The number of carbonyl (C=O) groups is 2. The molecule has 0 aliphatic carbocycles. The van der Waals surface area contributed by atoms with E-state index in [0.29, 0.717) is 12.2 Å². The van der Waals surface area contributed by atoms with Crippen molar-refractivity contribution in [1.29, 1.82) is 0 Å². The van der Waals surface area contributed by atoms with Crippen LogP contribution in [0, 0.1) is 0 Å². The van der Waals surface area contributed by atoms with Gasteiger partial charge in [-0.2, -0.15) is 0 Å². The molecule has 4 heteroatoms. The van der Waals surface area contributed by atoms with Crippen LogP contribution in [0.3, 0.4) is 0 Å². The van der Waals surface area contributed by atoms with E-state index in [0.717, 1.165) is 0 Å². The molecule has 0 unspecified atom stereocenters. The highest BCUT2D eigenvalue weighted by molar-refractivity contribution is 6.07. The van der Waals surface area contributed by atoms with E-state index in [1.807, 2.05) is 0 Å². The minimum absolute atomic E-state index is 0.0621. The van der Waals surface area contributed by atoms with Gasteiger partial charge in [-0.1, -0.05) is 0 Å². The lowest BCUT2D eigenvalue weighted by atomic mass is 10.1. The number of rotatable bonds is 6. The fourth-order valence-corrected chi connectivity index (χ4v) is 1.12. The molecular formula is C11H13NO3. The van der Waals surface area contributed by atoms with Crippen LogP contribution >= 0.6 is 0 Å². The van der Waals surface area contributed by atoms with E-state index in [9.17, 15) is 9.59 Å². The number of methoxy groups -OCH3 is 1. The zero-order valence-electron chi connectivity index (χ0n) is 8.60. The summed E-state index contributed by atoms with van der Waals surface area (Å²) in [4.78, 5) is 26.6. The first-order chi connectivity index (χ1) is 7.24. The van der Waals surface area contributed by atoms with Gasteiger partial charge in [0.25, 0.3) is 0 Å². The summed E-state index contributed by atoms with van der Waals surface area (Å²) in [6, 6.07) is 3.21. The molecule has 0 aliphatic rings. The summed E-state index contributed by atoms with van der Waals surface area (Å²) in [5.74, 6) is -0.267. The number of ketones is 2. The van der Waals surface area contributed by atoms with Gasteiger partial charge >= 0.3 is 0 Å². The number of Topliss-reactive ketones (excluding diaryl/α,β-unsaturated/α-hetero) is 2. The number of nitrogens with zero attached hydrogens (tertiary/aromatic N) is 1. The first-order valence-electron chi connectivity index (χ1n) is 4.68. The molecule has 0 spiro atoms. The Kier molecular flexibility index (Phi) is 4.63. The third-order valence-corrected chi connectivity index (χ3v) is 1.95. The van der Waals surface area contributed by atoms with Gasteiger partial charge in [0.1, 0.15) is 5.78 Å². The van der Waals surface area contributed by atoms with Gasteiger partial charge in [-0.3, -0.25) is 14.6 Å². The summed E-state index contributed by atoms with van der Waals surface area (Å²) in [5.41, 5.74) is 0.524. The highest BCUT2D eigenvalue weighted by Gasteiger charge is 2.10. The number of hydrogen-bond donors (Lipinski definition) is 0. The van der Waals surface area contributed by atoms with Gasteiger partial charge < -0.3 is 4.74 Å². The van der Waals surface area contributed by atoms with Gasteiger partial charge in [0, 0.05) is 31.5 Å². The van der Waals surface area contributed by atoms with E-state index in [2.05, 4.69) is 4.98 Å². The largest absolute Gasteiger partial charge is 0.384 e. The van der Waals surface area contributed by atoms with Gasteiger partial charge in [-0.25, -0.2) is 0 Å². The van der Waals surface area contributed by atoms with E-state index in [1.165, 1.54) is 19.5 Å². The summed E-state index contributed by atoms with van der Waals surface area (Å²) in [7, 11) is 1.53. The molecule has 0 atom stereocenters. The second kappa shape index (κ2) is 6.03. The van der Waals surface area contributed by atoms with Crippen molar-refractivity contribution in [2.24, 2.45) is 0 Å². The van der Waals surface area contributed by atoms with Crippen LogP contribution in [-0.4, -0.2) is 30.3 Å². The highest BCUT2D eigenvalue weighted by atomic mass is 16.5. The lowest BCUT2D eigenvalue weighted by Gasteiger charge is -2.00. The second-order valence-electron chi connectivity index (χ2n) is 3.12. The smallest absolute Gasteiger partial charge is 0.170 e. The van der Waals surface area contributed by atoms with Crippen LogP contribution in [0.1, 0.15) is 23.2 Å². The molecule has 80 valence electrons. The molecule has 0 bridgehead atoms. The van der Waals surface area contributed by atoms with Gasteiger partial charge in [-0.15, -0.1) is 0 Å². The van der Waals surface area contributed by atoms with E-state index in [1.54, 1.807) is 12.1 Å². The molecule has 0 fully saturated rings. The van der Waals surface area contributed by atoms with Crippen molar-refractivity contribution in [3.8, 4) is 0 Å². The quantitative estimate of drug-likeness (QED) is 0.520. The molecule has 1 aromatic rings. The maximum atomic E-state index is 11.5. The first kappa shape index (κ1) is 11.5. The average Bonchev–Trinajstić information content (AvgIpc) is 2.27. The SMILES string of the molecule is COCCC(=O)CC(=O)c1ccncc1. The molecular weight excluding hydrogens is 194 g/mol. The van der Waals surface area contributed by atoms with Crippen LogP contribution in [0.4, 0.5) is 0 Å². The number of ether oxygens (including phenoxy) is 1. The Labute approximate surface area is 88.3 Å². The molecule has 0 saturated carbocycles. The summed E-state index contributed by atoms with van der Waals surface area (Å²) < 4.78 is 4.76. The Morgan fingerprint density at radius 3 is 2.60 bits per heavy atom. The topological polar surface area (TPSA) is 56.3 Å². The first-order valence-corrected chi connectivity index (χ1v) is 4.68. The summed E-state index contributed by atoms with van der Waals surface area (Å²) in [6.07, 6.45) is 3.29. The normalized spacial score (nSPS) is 9.93. The third-order valence-electron chi connectivity index (χ3n) is 1.95. The van der Waals surface area contributed by atoms with Gasteiger partial charge in [0.2, 0.25) is 0 Å². The Bertz CT molecular complexity index is 335. The van der Waals surface area contributed by atoms with Crippen LogP contribution in [0.5, 0.6) is 0 Å². The second-order valence-corrected chi connectivity index (χ2v) is 3.12. The molecule has 4 nitrogen and oxygen atoms in total. The third kappa shape index (κ3) is 3.99. The van der Waals surface area contributed by atoms with Crippen molar-refractivity contribution < 1.29 is 14.3 Å². The Hall–Kier alpha value is -1.55. The summed E-state index contributed by atoms with van der Waals surface area (Å²) >= 11 is 0. The molecule has 1 rings (SSSR count). The van der Waals surface area contributed by atoms with E-state index < -0.39 is 0 Å². The van der Waals surface area contributed by atoms with E-state index >= 15 is 0 Å². The molecule has 15 heavy (non-hydrogen) atoms. The van der Waals surface area contributed by atoms with Crippen molar-refractivity contribution >= 4 is 11.6 Å². The molecule has 0 radical (unpaired) electrons. The molecule has 0 saturated heterocycles. The standard InChI is InChI=1S/C11H13NO3/c1-15-7-4-10(13)8-11(14)9-2-5-12-6-3-9/h2-3,5-6H,4,7-8H2,1H3. The predicted molar refractivity (Wildman–Crippen MR) is 54.7 cm³/mol. The number of aromatic nitrogens is 1. The van der Waals surface area contributed by atoms with Crippen LogP contribution in [0.2, 0.25) is 0 Å². The lowest BCUT2D eigenvalue weighted by molar-refractivity contribution is -0.119. The van der Waals surface area contributed by atoms with Crippen LogP contribution in [0.15, 0.2) is 24.5 Å². The van der Waals surface area contributed by atoms with E-state index in [-0.39, 0.29) is 24.4 Å². The van der Waals surface area contributed by atoms with Crippen molar-refractivity contribution in [2.45, 2.75) is 12.8 Å². The zero-order chi connectivity index (χ0) is 11.1. The number of pyridine rings is 1. The summed E-state index contributed by atoms with van der Waals surface area (Å²) in [6.45, 7) is 0.364. The van der Waals surface area contributed by atoms with Crippen LogP contribution in [-0.2, 0) is 9.53 Å². The van der Waals surface area contributed by atoms with Gasteiger partial charge in [0.05, 0.1) is 13.0 Å². The molecule has 0 aliphatic heterocycles. The molecule has 0 N–H and O–H groups in total. The average molecular weight is 207 g/mol. The Morgan fingerprint density at radius 2 is 2.00 bits per heavy atom. The zero-order valence-corrected chi connectivity index (χ0v) is 8.60. The van der Waals surface area contributed by atoms with Gasteiger partial charge in [0.15, 0.2) is 5.78 Å². The number of carbonyl (C=O) groups excluding carboxylic acids is 2. The van der Waals surface area contributed by atoms with Crippen LogP contribution < -0.4 is 0 Å². The van der Waals surface area contributed by atoms with Crippen molar-refractivity contribution in [3.63, 3.8) is 0 Å². The maximum absolute atomic E-state index is 11.5. The lowest BCUT2D eigenvalue weighted by Crippen LogP contribution is -2.10. The van der Waals surface area contributed by atoms with E-state index in [4.69, 9.17) is 4.74 Å². The predicted octanol–water partition coefficient (Wildman–Crippen LogP) is 1.26. The monoisotopic (exact) mass is 207 g/mol.